The monoisotopic (exact) mass is 918 g/mol. The zero-order valence-corrected chi connectivity index (χ0v) is 38.6. The zero-order chi connectivity index (χ0) is 44.5. The maximum atomic E-state index is 5.55. The molecule has 0 saturated heterocycles. The summed E-state index contributed by atoms with van der Waals surface area (Å²) in [6.07, 6.45) is 0. The van der Waals surface area contributed by atoms with Gasteiger partial charge in [-0.25, -0.2) is 15.0 Å². The Labute approximate surface area is 401 Å². The molecule has 0 aliphatic rings. The third kappa shape index (κ3) is 5.74. The molecule has 15 aromatic rings. The van der Waals surface area contributed by atoms with Gasteiger partial charge in [0, 0.05) is 93.7 Å². The van der Waals surface area contributed by atoms with Crippen LogP contribution in [0.5, 0.6) is 0 Å². The molecule has 0 radical (unpaired) electrons. The normalized spacial score (nSPS) is 12.1. The molecule has 5 heterocycles. The molecule has 68 heavy (non-hydrogen) atoms. The van der Waals surface area contributed by atoms with Crippen molar-refractivity contribution >= 4 is 127 Å². The molecule has 4 nitrogen and oxygen atoms in total. The molecule has 0 spiro atoms. The first kappa shape index (κ1) is 38.1. The van der Waals surface area contributed by atoms with Crippen molar-refractivity contribution in [2.24, 2.45) is 0 Å². The molecule has 0 atom stereocenters. The molecule has 0 amide bonds. The van der Waals surface area contributed by atoms with Crippen molar-refractivity contribution in [2.45, 2.75) is 0 Å². The van der Waals surface area contributed by atoms with E-state index in [-0.39, 0.29) is 0 Å². The van der Waals surface area contributed by atoms with Crippen LogP contribution < -0.4 is 0 Å². The lowest BCUT2D eigenvalue weighted by atomic mass is 9.96. The molecule has 0 unspecified atom stereocenters. The van der Waals surface area contributed by atoms with Crippen molar-refractivity contribution in [2.75, 3.05) is 0 Å². The van der Waals surface area contributed by atoms with Gasteiger partial charge in [-0.1, -0.05) is 127 Å². The third-order valence-electron chi connectivity index (χ3n) is 13.7. The summed E-state index contributed by atoms with van der Waals surface area (Å²) in [6, 6.07) is 75.0. The third-order valence-corrected chi connectivity index (χ3v) is 17.2. The molecule has 316 valence electrons. The number of nitrogens with zero attached hydrogens (tertiary/aromatic N) is 4. The van der Waals surface area contributed by atoms with Crippen LogP contribution in [0.3, 0.4) is 0 Å². The molecular formula is C61H34N4S3. The summed E-state index contributed by atoms with van der Waals surface area (Å²) < 4.78 is 9.83. The first-order chi connectivity index (χ1) is 33.7. The van der Waals surface area contributed by atoms with Crippen LogP contribution >= 0.6 is 34.0 Å². The summed E-state index contributed by atoms with van der Waals surface area (Å²) >= 11 is 5.45. The average Bonchev–Trinajstić information content (AvgIpc) is 4.16. The molecule has 0 bridgehead atoms. The number of thiophene rings is 3. The molecule has 0 aliphatic carbocycles. The lowest BCUT2D eigenvalue weighted by Gasteiger charge is -2.16. The van der Waals surface area contributed by atoms with E-state index in [2.05, 4.69) is 211 Å². The molecule has 0 N–H and O–H groups in total. The molecule has 7 heteroatoms. The number of benzene rings is 10. The highest BCUT2D eigenvalue weighted by Gasteiger charge is 2.23. The van der Waals surface area contributed by atoms with Gasteiger partial charge >= 0.3 is 0 Å². The van der Waals surface area contributed by atoms with Crippen molar-refractivity contribution in [1.29, 1.82) is 0 Å². The number of hydrogen-bond acceptors (Lipinski definition) is 6. The largest absolute Gasteiger partial charge is 0.309 e. The van der Waals surface area contributed by atoms with E-state index in [1.165, 1.54) is 87.6 Å². The van der Waals surface area contributed by atoms with Crippen molar-refractivity contribution < 1.29 is 0 Å². The van der Waals surface area contributed by atoms with Crippen molar-refractivity contribution in [3.8, 4) is 51.0 Å². The Morgan fingerprint density at radius 3 is 1.71 bits per heavy atom. The Hall–Kier alpha value is -8.07. The summed E-state index contributed by atoms with van der Waals surface area (Å²) in [5.41, 5.74) is 8.48. The predicted molar refractivity (Wildman–Crippen MR) is 292 cm³/mol. The molecule has 0 fully saturated rings. The van der Waals surface area contributed by atoms with E-state index in [1.807, 2.05) is 22.7 Å². The summed E-state index contributed by atoms with van der Waals surface area (Å²) in [5.74, 6) is 1.94. The van der Waals surface area contributed by atoms with Crippen LogP contribution in [-0.4, -0.2) is 19.5 Å². The topological polar surface area (TPSA) is 43.6 Å². The van der Waals surface area contributed by atoms with Gasteiger partial charge in [0.15, 0.2) is 17.5 Å². The SMILES string of the molecule is c1ccc2cc3c(cc2c1)c1ccccc1n3-c1ccc(-c2nc(-c3cccc4c3sc3ccccc34)nc(-c3cccc4sc5ccccc5c34)n2)c(-c2ccc3sc4ccccc4c3c2)c1. The van der Waals surface area contributed by atoms with Gasteiger partial charge in [-0.2, -0.15) is 0 Å². The van der Waals surface area contributed by atoms with E-state index in [4.69, 9.17) is 15.0 Å². The molecule has 10 aromatic carbocycles. The Kier molecular flexibility index (Phi) is 8.24. The maximum absolute atomic E-state index is 5.55. The number of rotatable bonds is 5. The molecule has 0 saturated carbocycles. The standard InChI is InChI=1S/C61H34N4S3/c1-2-14-36-33-51-48(31-35(36)13-1)39-15-3-7-22-50(39)65(51)38-28-29-43(47(34-38)37-27-30-55-49(32-37)41-17-5-8-23-52(41)66-55)59-62-60(45-20-12-26-56-57(45)44-18-6-10-25-54(44)67-56)64-61(63-59)46-21-11-19-42-40-16-4-9-24-53(40)68-58(42)46/h1-34H. The molecule has 15 rings (SSSR count). The van der Waals surface area contributed by atoms with Gasteiger partial charge in [0.2, 0.25) is 0 Å². The van der Waals surface area contributed by atoms with E-state index in [0.29, 0.717) is 17.5 Å². The van der Waals surface area contributed by atoms with Gasteiger partial charge in [0.1, 0.15) is 0 Å². The van der Waals surface area contributed by atoms with Crippen LogP contribution in [0.25, 0.3) is 144 Å². The van der Waals surface area contributed by atoms with Crippen LogP contribution in [0.15, 0.2) is 206 Å². The highest BCUT2D eigenvalue weighted by Crippen LogP contribution is 2.45. The fourth-order valence-corrected chi connectivity index (χ4v) is 14.0. The van der Waals surface area contributed by atoms with E-state index < -0.39 is 0 Å². The second-order valence-corrected chi connectivity index (χ2v) is 20.7. The van der Waals surface area contributed by atoms with E-state index >= 15 is 0 Å². The predicted octanol–water partition coefficient (Wildman–Crippen LogP) is 17.9. The fourth-order valence-electron chi connectivity index (χ4n) is 10.6. The number of para-hydroxylation sites is 1. The van der Waals surface area contributed by atoms with E-state index in [1.54, 1.807) is 11.3 Å². The van der Waals surface area contributed by atoms with Gasteiger partial charge in [-0.3, -0.25) is 0 Å². The molecule has 0 aliphatic heterocycles. The Morgan fingerprint density at radius 1 is 0.309 bits per heavy atom. The van der Waals surface area contributed by atoms with Crippen LogP contribution in [0.4, 0.5) is 0 Å². The Balaban J connectivity index is 1.03. The lowest BCUT2D eigenvalue weighted by Crippen LogP contribution is -2.02. The zero-order valence-electron chi connectivity index (χ0n) is 36.1. The van der Waals surface area contributed by atoms with Crippen LogP contribution in [0.2, 0.25) is 0 Å². The van der Waals surface area contributed by atoms with Gasteiger partial charge in [0.25, 0.3) is 0 Å². The average molecular weight is 919 g/mol. The second kappa shape index (κ2) is 14.7. The van der Waals surface area contributed by atoms with Crippen molar-refractivity contribution in [3.63, 3.8) is 0 Å². The second-order valence-electron chi connectivity index (χ2n) is 17.5. The quantitative estimate of drug-likeness (QED) is 0.173. The Bertz CT molecular complexity index is 4590. The van der Waals surface area contributed by atoms with Crippen LogP contribution in [0.1, 0.15) is 0 Å². The summed E-state index contributed by atoms with van der Waals surface area (Å²) in [7, 11) is 0. The number of aromatic nitrogens is 4. The highest BCUT2D eigenvalue weighted by molar-refractivity contribution is 7.26. The number of fused-ring (bicyclic) bond motifs is 13. The fraction of sp³-hybridized carbons (Fsp3) is 0. The Morgan fingerprint density at radius 2 is 0.882 bits per heavy atom. The summed E-state index contributed by atoms with van der Waals surface area (Å²) in [6.45, 7) is 0. The van der Waals surface area contributed by atoms with Crippen LogP contribution in [0, 0.1) is 0 Å². The molecular weight excluding hydrogens is 885 g/mol. The minimum Gasteiger partial charge on any atom is -0.309 e. The van der Waals surface area contributed by atoms with Gasteiger partial charge in [-0.05, 0) is 101 Å². The first-order valence-electron chi connectivity index (χ1n) is 22.7. The van der Waals surface area contributed by atoms with Crippen LogP contribution in [-0.2, 0) is 0 Å². The first-order valence-corrected chi connectivity index (χ1v) is 25.2. The van der Waals surface area contributed by atoms with Gasteiger partial charge in [0.05, 0.1) is 11.0 Å². The highest BCUT2D eigenvalue weighted by atomic mass is 32.1. The lowest BCUT2D eigenvalue weighted by molar-refractivity contribution is 1.08. The van der Waals surface area contributed by atoms with Crippen molar-refractivity contribution in [3.05, 3.63) is 206 Å². The smallest absolute Gasteiger partial charge is 0.165 e. The van der Waals surface area contributed by atoms with Gasteiger partial charge in [-0.15, -0.1) is 34.0 Å². The minimum absolute atomic E-state index is 0.629. The van der Waals surface area contributed by atoms with E-state index in [9.17, 15) is 0 Å². The maximum Gasteiger partial charge on any atom is 0.165 e. The number of hydrogen-bond donors (Lipinski definition) is 0. The summed E-state index contributed by atoms with van der Waals surface area (Å²) in [4.78, 5) is 16.6. The van der Waals surface area contributed by atoms with E-state index in [0.717, 1.165) is 39.0 Å². The minimum atomic E-state index is 0.629. The van der Waals surface area contributed by atoms with Crippen molar-refractivity contribution in [1.82, 2.24) is 19.5 Å². The van der Waals surface area contributed by atoms with Gasteiger partial charge < -0.3 is 4.57 Å². The summed E-state index contributed by atoms with van der Waals surface area (Å²) in [5, 5.41) is 12.2. The molecule has 5 aromatic heterocycles.